The fourth-order valence-corrected chi connectivity index (χ4v) is 1.86. The average molecular weight is 381 g/mol. The van der Waals surface area contributed by atoms with Gasteiger partial charge in [-0.1, -0.05) is 55.6 Å². The Labute approximate surface area is 163 Å². The number of hydrogen-bond donors (Lipinski definition) is 0. The van der Waals surface area contributed by atoms with Gasteiger partial charge in [0.1, 0.15) is 6.61 Å². The van der Waals surface area contributed by atoms with Crippen molar-refractivity contribution < 1.29 is 37.4 Å². The van der Waals surface area contributed by atoms with Crippen molar-refractivity contribution in [1.82, 2.24) is 5.01 Å². The maximum absolute atomic E-state index is 5.74. The van der Waals surface area contributed by atoms with Crippen LogP contribution < -0.4 is 4.74 Å². The minimum absolute atomic E-state index is 0. The summed E-state index contributed by atoms with van der Waals surface area (Å²) in [6.07, 6.45) is 6.71. The SMILES string of the molecule is C=[C-]N(CCC)N=[C-]c1ccc(OCc2ccccc2)cc1.[Y]. The standard InChI is InChI=1S/C19H20N2O.Y/c1-3-14-21(4-2)20-15-17-10-12-19(13-11-17)22-16-18-8-6-5-7-9-18;/h5-13H,2-3,14,16H2,1H3;/q-2;. The first-order chi connectivity index (χ1) is 10.8. The Balaban J connectivity index is 0.00000264. The third-order valence-corrected chi connectivity index (χ3v) is 3.02. The molecule has 2 aromatic rings. The Kier molecular flexibility index (Phi) is 9.50. The molecule has 0 atom stereocenters. The molecule has 0 aromatic heterocycles. The summed E-state index contributed by atoms with van der Waals surface area (Å²) < 4.78 is 5.74. The third kappa shape index (κ3) is 7.11. The first-order valence-electron chi connectivity index (χ1n) is 7.35. The molecule has 23 heavy (non-hydrogen) atoms. The predicted molar refractivity (Wildman–Crippen MR) is 89.6 cm³/mol. The normalized spacial score (nSPS) is 10.1. The zero-order valence-electron chi connectivity index (χ0n) is 13.4. The van der Waals surface area contributed by atoms with E-state index in [0.29, 0.717) is 6.61 Å². The van der Waals surface area contributed by atoms with Crippen molar-refractivity contribution in [2.24, 2.45) is 5.10 Å². The number of nitrogens with zero attached hydrogens (tertiary/aromatic N) is 2. The van der Waals surface area contributed by atoms with Gasteiger partial charge in [0.15, 0.2) is 0 Å². The number of ether oxygens (including phenoxy) is 1. The van der Waals surface area contributed by atoms with Gasteiger partial charge in [0.2, 0.25) is 0 Å². The van der Waals surface area contributed by atoms with Crippen molar-refractivity contribution in [2.75, 3.05) is 6.54 Å². The van der Waals surface area contributed by atoms with E-state index in [1.807, 2.05) is 54.6 Å². The zero-order valence-corrected chi connectivity index (χ0v) is 16.2. The molecule has 0 heterocycles. The Morgan fingerprint density at radius 2 is 1.78 bits per heavy atom. The van der Waals surface area contributed by atoms with Crippen molar-refractivity contribution in [3.8, 4) is 5.75 Å². The van der Waals surface area contributed by atoms with Crippen molar-refractivity contribution in [2.45, 2.75) is 20.0 Å². The van der Waals surface area contributed by atoms with Gasteiger partial charge < -0.3 is 15.9 Å². The van der Waals surface area contributed by atoms with E-state index in [-0.39, 0.29) is 32.7 Å². The Bertz CT molecular complexity index is 597. The molecule has 0 saturated carbocycles. The van der Waals surface area contributed by atoms with Gasteiger partial charge >= 0.3 is 0 Å². The Morgan fingerprint density at radius 1 is 1.09 bits per heavy atom. The monoisotopic (exact) mass is 381 g/mol. The molecule has 0 fully saturated rings. The summed E-state index contributed by atoms with van der Waals surface area (Å²) in [5, 5.41) is 5.85. The maximum Gasteiger partial charge on any atom is 0.113 e. The van der Waals surface area contributed by atoms with E-state index in [1.54, 1.807) is 5.01 Å². The minimum atomic E-state index is 0. The summed E-state index contributed by atoms with van der Waals surface area (Å²) in [7, 11) is 0. The van der Waals surface area contributed by atoms with Gasteiger partial charge in [0.25, 0.3) is 0 Å². The van der Waals surface area contributed by atoms with Crippen LogP contribution in [-0.2, 0) is 39.3 Å². The van der Waals surface area contributed by atoms with Gasteiger partial charge in [0, 0.05) is 39.3 Å². The molecule has 4 heteroatoms. The van der Waals surface area contributed by atoms with Crippen LogP contribution in [-0.4, -0.2) is 17.8 Å². The van der Waals surface area contributed by atoms with Crippen molar-refractivity contribution >= 4 is 6.21 Å². The van der Waals surface area contributed by atoms with Crippen LogP contribution in [0, 0.1) is 6.20 Å². The smallest absolute Gasteiger partial charge is 0.113 e. The first-order valence-corrected chi connectivity index (χ1v) is 7.35. The fourth-order valence-electron chi connectivity index (χ4n) is 1.86. The molecule has 0 aliphatic carbocycles. The molecule has 0 aliphatic heterocycles. The molecule has 0 N–H and O–H groups in total. The van der Waals surface area contributed by atoms with Crippen LogP contribution in [0.3, 0.4) is 0 Å². The average Bonchev–Trinajstić information content (AvgIpc) is 2.58. The van der Waals surface area contributed by atoms with Crippen LogP contribution in [0.5, 0.6) is 5.75 Å². The van der Waals surface area contributed by atoms with Crippen LogP contribution in [0.4, 0.5) is 0 Å². The second kappa shape index (κ2) is 11.1. The summed E-state index contributed by atoms with van der Waals surface area (Å²) in [6.45, 7) is 7.04. The van der Waals surface area contributed by atoms with Crippen LogP contribution >= 0.6 is 0 Å². The molecule has 0 bridgehead atoms. The van der Waals surface area contributed by atoms with Crippen molar-refractivity contribution in [1.29, 1.82) is 0 Å². The number of benzene rings is 2. The van der Waals surface area contributed by atoms with Crippen molar-refractivity contribution in [3.05, 3.63) is 78.5 Å². The minimum Gasteiger partial charge on any atom is -0.491 e. The Morgan fingerprint density at radius 3 is 2.39 bits per heavy atom. The molecule has 0 unspecified atom stereocenters. The molecule has 1 radical (unpaired) electrons. The summed E-state index contributed by atoms with van der Waals surface area (Å²) in [5.74, 6) is 0.829. The molecule has 0 aliphatic rings. The largest absolute Gasteiger partial charge is 0.491 e. The molecule has 0 spiro atoms. The third-order valence-electron chi connectivity index (χ3n) is 3.02. The molecule has 0 saturated heterocycles. The second-order valence-electron chi connectivity index (χ2n) is 4.79. The number of hydrazone groups is 1. The molecule has 0 amide bonds. The van der Waals surface area contributed by atoms with E-state index in [0.717, 1.165) is 29.8 Å². The molecule has 2 rings (SSSR count). The molecule has 2 aromatic carbocycles. The van der Waals surface area contributed by atoms with E-state index in [4.69, 9.17) is 4.74 Å². The van der Waals surface area contributed by atoms with Crippen LogP contribution in [0.25, 0.3) is 0 Å². The van der Waals surface area contributed by atoms with Gasteiger partial charge in [0.05, 0.1) is 5.75 Å². The maximum atomic E-state index is 5.74. The van der Waals surface area contributed by atoms with E-state index in [1.165, 1.54) is 0 Å². The quantitative estimate of drug-likeness (QED) is 0.297. The fraction of sp³-hybridized carbons (Fsp3) is 0.211. The summed E-state index contributed by atoms with van der Waals surface area (Å²) >= 11 is 0. The summed E-state index contributed by atoms with van der Waals surface area (Å²) in [4.78, 5) is 0. The zero-order chi connectivity index (χ0) is 15.6. The first kappa shape index (κ1) is 19.6. The van der Waals surface area contributed by atoms with E-state index >= 15 is 0 Å². The Hall–Kier alpha value is -1.45. The second-order valence-corrected chi connectivity index (χ2v) is 4.79. The van der Waals surface area contributed by atoms with Crippen molar-refractivity contribution in [3.63, 3.8) is 0 Å². The van der Waals surface area contributed by atoms with E-state index in [2.05, 4.69) is 31.0 Å². The van der Waals surface area contributed by atoms with Gasteiger partial charge in [-0.05, 0) is 12.0 Å². The predicted octanol–water partition coefficient (Wildman–Crippen LogP) is 4.13. The molecule has 117 valence electrons. The van der Waals surface area contributed by atoms with Crippen LogP contribution in [0.1, 0.15) is 24.5 Å². The molecule has 3 nitrogen and oxygen atoms in total. The number of rotatable bonds is 8. The molecular weight excluding hydrogens is 361 g/mol. The number of hydrogen-bond acceptors (Lipinski definition) is 3. The van der Waals surface area contributed by atoms with E-state index in [9.17, 15) is 0 Å². The van der Waals surface area contributed by atoms with Gasteiger partial charge in [-0.25, -0.2) is 0 Å². The summed E-state index contributed by atoms with van der Waals surface area (Å²) in [5.41, 5.74) is 2.04. The topological polar surface area (TPSA) is 24.8 Å². The van der Waals surface area contributed by atoms with Gasteiger partial charge in [-0.3, -0.25) is 11.7 Å². The van der Waals surface area contributed by atoms with Crippen LogP contribution in [0.15, 0.2) is 66.3 Å². The van der Waals surface area contributed by atoms with Crippen LogP contribution in [0.2, 0.25) is 0 Å². The van der Waals surface area contributed by atoms with E-state index < -0.39 is 0 Å². The molecular formula is C19H20N2OY-2. The van der Waals surface area contributed by atoms with Gasteiger partial charge in [-0.15, -0.1) is 0 Å². The summed E-state index contributed by atoms with van der Waals surface area (Å²) in [6, 6.07) is 17.8. The van der Waals surface area contributed by atoms with Gasteiger partial charge in [-0.2, -0.15) is 17.7 Å².